The fraction of sp³-hybridized carbons (Fsp3) is 0.941. The maximum absolute atomic E-state index is 5.08. The molecule has 0 radical (unpaired) electrons. The number of rotatable bonds is 1. The molecule has 4 unspecified atom stereocenters. The number of hydrogen-bond acceptors (Lipinski definition) is 2. The molecule has 1 saturated heterocycles. The Hall–Kier alpha value is -0.180. The second-order valence-electron chi connectivity index (χ2n) is 7.90. The summed E-state index contributed by atoms with van der Waals surface area (Å²) in [6.45, 7) is 7.19. The van der Waals surface area contributed by atoms with Gasteiger partial charge in [-0.2, -0.15) is 0 Å². The Morgan fingerprint density at radius 2 is 1.85 bits per heavy atom. The van der Waals surface area contributed by atoms with Crippen LogP contribution in [0.25, 0.3) is 0 Å². The minimum atomic E-state index is 0.382. The van der Waals surface area contributed by atoms with Crippen LogP contribution in [0, 0.1) is 17.8 Å². The Morgan fingerprint density at radius 1 is 1.10 bits per heavy atom. The first-order valence-electron chi connectivity index (χ1n) is 8.53. The van der Waals surface area contributed by atoms with Gasteiger partial charge in [-0.05, 0) is 49.9 Å². The van der Waals surface area contributed by atoms with Gasteiger partial charge in [0.05, 0.1) is 6.04 Å². The Morgan fingerprint density at radius 3 is 2.55 bits per heavy atom. The normalized spacial score (nSPS) is 47.6. The molecule has 0 amide bonds. The zero-order valence-corrected chi connectivity index (χ0v) is 14.1. The van der Waals surface area contributed by atoms with Crippen molar-refractivity contribution in [3.8, 4) is 0 Å². The lowest BCUT2D eigenvalue weighted by Gasteiger charge is -2.36. The van der Waals surface area contributed by atoms with E-state index in [2.05, 4.69) is 26.1 Å². The summed E-state index contributed by atoms with van der Waals surface area (Å²) < 4.78 is 0. The molecule has 3 rings (SSSR count). The highest BCUT2D eigenvalue weighted by Crippen LogP contribution is 2.39. The van der Waals surface area contributed by atoms with E-state index in [1.54, 1.807) is 0 Å². The number of thioether (sulfide) groups is 1. The summed E-state index contributed by atoms with van der Waals surface area (Å²) in [5, 5.41) is 5.08. The molecule has 0 aromatic carbocycles. The van der Waals surface area contributed by atoms with E-state index in [9.17, 15) is 0 Å². The summed E-state index contributed by atoms with van der Waals surface area (Å²) >= 11 is 1.98. The molecule has 20 heavy (non-hydrogen) atoms. The first-order valence-corrected chi connectivity index (χ1v) is 9.52. The van der Waals surface area contributed by atoms with Gasteiger partial charge in [0.15, 0.2) is 5.17 Å². The summed E-state index contributed by atoms with van der Waals surface area (Å²) in [5.41, 5.74) is 0.382. The SMILES string of the molecule is CC1CC(C)CC(N=C2NC3(CCCC(C)C3)CS2)C1. The molecule has 2 aliphatic carbocycles. The van der Waals surface area contributed by atoms with Gasteiger partial charge in [0, 0.05) is 11.3 Å². The van der Waals surface area contributed by atoms with Crippen molar-refractivity contribution in [2.75, 3.05) is 5.75 Å². The van der Waals surface area contributed by atoms with Crippen LogP contribution < -0.4 is 5.32 Å². The van der Waals surface area contributed by atoms with Gasteiger partial charge in [0.1, 0.15) is 0 Å². The van der Waals surface area contributed by atoms with E-state index in [0.717, 1.165) is 17.8 Å². The van der Waals surface area contributed by atoms with Gasteiger partial charge in [0.25, 0.3) is 0 Å². The summed E-state index contributed by atoms with van der Waals surface area (Å²) in [7, 11) is 0. The van der Waals surface area contributed by atoms with Crippen LogP contribution in [0.5, 0.6) is 0 Å². The highest BCUT2D eigenvalue weighted by molar-refractivity contribution is 8.14. The third kappa shape index (κ3) is 3.35. The van der Waals surface area contributed by atoms with Gasteiger partial charge in [-0.3, -0.25) is 4.99 Å². The maximum atomic E-state index is 5.08. The smallest absolute Gasteiger partial charge is 0.157 e. The molecule has 2 saturated carbocycles. The number of nitrogens with zero attached hydrogens (tertiary/aromatic N) is 1. The zero-order valence-electron chi connectivity index (χ0n) is 13.3. The molecule has 2 nitrogen and oxygen atoms in total. The highest BCUT2D eigenvalue weighted by atomic mass is 32.2. The van der Waals surface area contributed by atoms with Crippen LogP contribution in [0.1, 0.15) is 65.7 Å². The summed E-state index contributed by atoms with van der Waals surface area (Å²) in [5.74, 6) is 3.82. The van der Waals surface area contributed by atoms with Gasteiger partial charge < -0.3 is 5.32 Å². The topological polar surface area (TPSA) is 24.4 Å². The second-order valence-corrected chi connectivity index (χ2v) is 8.87. The predicted octanol–water partition coefficient (Wildman–Crippen LogP) is 4.45. The maximum Gasteiger partial charge on any atom is 0.157 e. The molecule has 1 spiro atoms. The third-order valence-electron chi connectivity index (χ3n) is 5.40. The lowest BCUT2D eigenvalue weighted by molar-refractivity contribution is 0.241. The van der Waals surface area contributed by atoms with Crippen LogP contribution in [0.2, 0.25) is 0 Å². The molecule has 0 aromatic rings. The second kappa shape index (κ2) is 5.90. The van der Waals surface area contributed by atoms with Gasteiger partial charge in [-0.1, -0.05) is 45.4 Å². The van der Waals surface area contributed by atoms with E-state index in [4.69, 9.17) is 4.99 Å². The van der Waals surface area contributed by atoms with Crippen LogP contribution >= 0.6 is 11.8 Å². The molecule has 1 heterocycles. The van der Waals surface area contributed by atoms with Crippen molar-refractivity contribution >= 4 is 16.9 Å². The highest BCUT2D eigenvalue weighted by Gasteiger charge is 2.40. The lowest BCUT2D eigenvalue weighted by Crippen LogP contribution is -2.47. The van der Waals surface area contributed by atoms with Crippen molar-refractivity contribution in [3.05, 3.63) is 0 Å². The fourth-order valence-corrected chi connectivity index (χ4v) is 5.92. The van der Waals surface area contributed by atoms with E-state index in [1.165, 1.54) is 55.9 Å². The molecule has 1 aliphatic heterocycles. The van der Waals surface area contributed by atoms with E-state index in [0.29, 0.717) is 11.6 Å². The molecular weight excluding hydrogens is 264 g/mol. The zero-order chi connectivity index (χ0) is 14.2. The Balaban J connectivity index is 1.63. The van der Waals surface area contributed by atoms with Gasteiger partial charge >= 0.3 is 0 Å². The molecule has 0 aromatic heterocycles. The van der Waals surface area contributed by atoms with Crippen molar-refractivity contribution in [2.24, 2.45) is 22.7 Å². The Kier molecular flexibility index (Phi) is 4.35. The number of amidine groups is 1. The molecule has 3 aliphatic rings. The third-order valence-corrected chi connectivity index (χ3v) is 6.58. The molecular formula is C17H30N2S. The quantitative estimate of drug-likeness (QED) is 0.772. The fourth-order valence-electron chi connectivity index (χ4n) is 4.66. The van der Waals surface area contributed by atoms with E-state index in [1.807, 2.05) is 11.8 Å². The van der Waals surface area contributed by atoms with Crippen LogP contribution in [0.4, 0.5) is 0 Å². The van der Waals surface area contributed by atoms with E-state index in [-0.39, 0.29) is 0 Å². The van der Waals surface area contributed by atoms with Gasteiger partial charge in [-0.15, -0.1) is 0 Å². The molecule has 3 fully saturated rings. The number of aliphatic imine (C=N–C) groups is 1. The molecule has 0 bridgehead atoms. The minimum Gasteiger partial charge on any atom is -0.359 e. The molecule has 3 heteroatoms. The molecule has 1 N–H and O–H groups in total. The van der Waals surface area contributed by atoms with Gasteiger partial charge in [-0.25, -0.2) is 0 Å². The molecule has 4 atom stereocenters. The van der Waals surface area contributed by atoms with Crippen molar-refractivity contribution in [3.63, 3.8) is 0 Å². The number of hydrogen-bond donors (Lipinski definition) is 1. The van der Waals surface area contributed by atoms with Crippen LogP contribution in [0.15, 0.2) is 4.99 Å². The summed E-state index contributed by atoms with van der Waals surface area (Å²) in [6, 6.07) is 0.569. The monoisotopic (exact) mass is 294 g/mol. The Bertz CT molecular complexity index is 371. The van der Waals surface area contributed by atoms with Crippen molar-refractivity contribution < 1.29 is 0 Å². The largest absolute Gasteiger partial charge is 0.359 e. The van der Waals surface area contributed by atoms with E-state index >= 15 is 0 Å². The summed E-state index contributed by atoms with van der Waals surface area (Å²) in [6.07, 6.45) is 9.47. The standard InChI is InChI=1S/C17H30N2S/c1-12-5-4-6-17(10-12)11-20-16(19-17)18-15-8-13(2)7-14(3)9-15/h12-15H,4-11H2,1-3H3,(H,18,19). The lowest BCUT2D eigenvalue weighted by atomic mass is 9.78. The first-order chi connectivity index (χ1) is 9.55. The average Bonchev–Trinajstić information content (AvgIpc) is 2.70. The van der Waals surface area contributed by atoms with Crippen molar-refractivity contribution in [1.29, 1.82) is 0 Å². The van der Waals surface area contributed by atoms with E-state index < -0.39 is 0 Å². The van der Waals surface area contributed by atoms with Crippen LogP contribution in [-0.2, 0) is 0 Å². The Labute approximate surface area is 128 Å². The predicted molar refractivity (Wildman–Crippen MR) is 89.4 cm³/mol. The minimum absolute atomic E-state index is 0.382. The van der Waals surface area contributed by atoms with Crippen LogP contribution in [0.3, 0.4) is 0 Å². The summed E-state index contributed by atoms with van der Waals surface area (Å²) in [4.78, 5) is 5.08. The average molecular weight is 295 g/mol. The van der Waals surface area contributed by atoms with Gasteiger partial charge in [0.2, 0.25) is 0 Å². The first kappa shape index (κ1) is 14.7. The number of nitrogens with one attached hydrogen (secondary N) is 1. The van der Waals surface area contributed by atoms with Crippen LogP contribution in [-0.4, -0.2) is 22.5 Å². The van der Waals surface area contributed by atoms with Crippen molar-refractivity contribution in [2.45, 2.75) is 77.3 Å². The van der Waals surface area contributed by atoms with Crippen molar-refractivity contribution in [1.82, 2.24) is 5.32 Å². The molecule has 114 valence electrons.